The molecule has 2 fully saturated rings. The maximum absolute atomic E-state index is 12.3. The van der Waals surface area contributed by atoms with Gasteiger partial charge < -0.3 is 5.73 Å². The van der Waals surface area contributed by atoms with E-state index in [1.165, 1.54) is 6.42 Å². The van der Waals surface area contributed by atoms with Crippen LogP contribution in [0.15, 0.2) is 29.2 Å². The van der Waals surface area contributed by atoms with Crippen molar-refractivity contribution in [1.29, 1.82) is 0 Å². The fourth-order valence-corrected chi connectivity index (χ4v) is 4.10. The minimum Gasteiger partial charge on any atom is -0.327 e. The fourth-order valence-electron chi connectivity index (χ4n) is 4.10. The Morgan fingerprint density at radius 3 is 3.00 bits per heavy atom. The highest BCUT2D eigenvalue weighted by Crippen LogP contribution is 2.37. The Bertz CT molecular complexity index is 769. The van der Waals surface area contributed by atoms with E-state index in [9.17, 15) is 4.79 Å². The number of rotatable bonds is 2. The molecule has 2 N–H and O–H groups in total. The largest absolute Gasteiger partial charge is 0.327 e. The van der Waals surface area contributed by atoms with Crippen molar-refractivity contribution < 1.29 is 0 Å². The summed E-state index contributed by atoms with van der Waals surface area (Å²) in [7, 11) is 0. The maximum atomic E-state index is 12.3. The Hall–Kier alpha value is -1.72. The zero-order chi connectivity index (χ0) is 15.3. The quantitative estimate of drug-likeness (QED) is 0.904. The van der Waals surface area contributed by atoms with Crippen LogP contribution in [-0.2, 0) is 6.54 Å². The number of nitrogens with two attached hydrogens (primary N) is 1. The molecule has 0 aromatic carbocycles. The van der Waals surface area contributed by atoms with E-state index in [2.05, 4.69) is 9.88 Å². The van der Waals surface area contributed by atoms with Gasteiger partial charge in [-0.2, -0.15) is 0 Å². The van der Waals surface area contributed by atoms with E-state index in [-0.39, 0.29) is 5.56 Å². The molecule has 116 valence electrons. The number of nitrogens with zero attached hydrogens (tertiary/aromatic N) is 3. The van der Waals surface area contributed by atoms with Crippen LogP contribution in [0.4, 0.5) is 0 Å². The topological polar surface area (TPSA) is 63.6 Å². The lowest BCUT2D eigenvalue weighted by atomic mass is 9.98. The first-order valence-electron chi connectivity index (χ1n) is 8.07. The standard InChI is InChI=1S/C17H22N4O/c1-11-2-5-16-19-13(6-17(22)21(16)7-11)9-20-8-12-3-4-15(18)14(12)10-20/h2,5-7,12,14-15H,3-4,8-10,18H2,1H3. The van der Waals surface area contributed by atoms with E-state index in [0.29, 0.717) is 12.0 Å². The molecule has 0 amide bonds. The molecule has 2 aliphatic rings. The second-order valence-corrected chi connectivity index (χ2v) is 6.88. The summed E-state index contributed by atoms with van der Waals surface area (Å²) < 4.78 is 1.62. The third kappa shape index (κ3) is 2.34. The lowest BCUT2D eigenvalue weighted by molar-refractivity contribution is 0.295. The molecule has 2 aromatic rings. The minimum absolute atomic E-state index is 0.000192. The Labute approximate surface area is 129 Å². The average Bonchev–Trinajstić information content (AvgIpc) is 3.02. The summed E-state index contributed by atoms with van der Waals surface area (Å²) in [6.07, 6.45) is 4.25. The van der Waals surface area contributed by atoms with Gasteiger partial charge in [-0.05, 0) is 43.2 Å². The van der Waals surface area contributed by atoms with Crippen LogP contribution >= 0.6 is 0 Å². The first-order chi connectivity index (χ1) is 10.6. The first-order valence-corrected chi connectivity index (χ1v) is 8.07. The highest BCUT2D eigenvalue weighted by molar-refractivity contribution is 5.39. The Balaban J connectivity index is 1.58. The Morgan fingerprint density at radius 2 is 2.18 bits per heavy atom. The van der Waals surface area contributed by atoms with Crippen molar-refractivity contribution in [3.05, 3.63) is 46.0 Å². The molecule has 5 nitrogen and oxygen atoms in total. The number of aryl methyl sites for hydroxylation is 1. The van der Waals surface area contributed by atoms with Crippen LogP contribution in [0, 0.1) is 18.8 Å². The lowest BCUT2D eigenvalue weighted by Crippen LogP contribution is -2.30. The predicted octanol–water partition coefficient (Wildman–Crippen LogP) is 1.17. The normalized spacial score (nSPS) is 28.4. The van der Waals surface area contributed by atoms with Crippen LogP contribution in [0.5, 0.6) is 0 Å². The highest BCUT2D eigenvalue weighted by Gasteiger charge is 2.40. The Morgan fingerprint density at radius 1 is 1.32 bits per heavy atom. The summed E-state index contributed by atoms with van der Waals surface area (Å²) in [5.74, 6) is 1.36. The number of hydrogen-bond donors (Lipinski definition) is 1. The monoisotopic (exact) mass is 298 g/mol. The van der Waals surface area contributed by atoms with E-state index >= 15 is 0 Å². The third-order valence-corrected chi connectivity index (χ3v) is 5.23. The molecule has 0 radical (unpaired) electrons. The van der Waals surface area contributed by atoms with E-state index in [1.807, 2.05) is 25.3 Å². The number of fused-ring (bicyclic) bond motifs is 2. The summed E-state index contributed by atoms with van der Waals surface area (Å²) in [4.78, 5) is 19.3. The van der Waals surface area contributed by atoms with Gasteiger partial charge in [0.25, 0.3) is 5.56 Å². The van der Waals surface area contributed by atoms with Gasteiger partial charge in [0, 0.05) is 37.9 Å². The molecule has 1 aliphatic carbocycles. The van der Waals surface area contributed by atoms with Crippen LogP contribution in [0.2, 0.25) is 0 Å². The molecular weight excluding hydrogens is 276 g/mol. The molecule has 3 heterocycles. The minimum atomic E-state index is -0.000192. The molecule has 3 atom stereocenters. The van der Waals surface area contributed by atoms with E-state index in [0.717, 1.165) is 48.9 Å². The van der Waals surface area contributed by atoms with E-state index < -0.39 is 0 Å². The molecule has 3 unspecified atom stereocenters. The third-order valence-electron chi connectivity index (χ3n) is 5.23. The Kier molecular flexibility index (Phi) is 3.27. The van der Waals surface area contributed by atoms with Gasteiger partial charge in [-0.15, -0.1) is 0 Å². The first kappa shape index (κ1) is 13.9. The summed E-state index contributed by atoms with van der Waals surface area (Å²) in [6.45, 7) is 4.86. The van der Waals surface area contributed by atoms with E-state index in [4.69, 9.17) is 5.73 Å². The van der Waals surface area contributed by atoms with Gasteiger partial charge in [0.1, 0.15) is 5.65 Å². The van der Waals surface area contributed by atoms with Gasteiger partial charge in [0.05, 0.1) is 5.69 Å². The zero-order valence-electron chi connectivity index (χ0n) is 12.9. The number of pyridine rings is 1. The molecule has 0 spiro atoms. The van der Waals surface area contributed by atoms with Crippen molar-refractivity contribution in [2.24, 2.45) is 17.6 Å². The van der Waals surface area contributed by atoms with Crippen molar-refractivity contribution in [3.63, 3.8) is 0 Å². The molecule has 2 aromatic heterocycles. The van der Waals surface area contributed by atoms with Gasteiger partial charge in [-0.25, -0.2) is 4.98 Å². The lowest BCUT2D eigenvalue weighted by Gasteiger charge is -2.18. The highest BCUT2D eigenvalue weighted by atomic mass is 16.1. The fraction of sp³-hybridized carbons (Fsp3) is 0.529. The van der Waals surface area contributed by atoms with E-state index in [1.54, 1.807) is 10.5 Å². The van der Waals surface area contributed by atoms with Crippen molar-refractivity contribution in [2.45, 2.75) is 32.4 Å². The predicted molar refractivity (Wildman–Crippen MR) is 85.7 cm³/mol. The molecule has 1 saturated heterocycles. The van der Waals surface area contributed by atoms with Crippen molar-refractivity contribution in [3.8, 4) is 0 Å². The maximum Gasteiger partial charge on any atom is 0.258 e. The summed E-state index contributed by atoms with van der Waals surface area (Å²) in [5, 5.41) is 0. The summed E-state index contributed by atoms with van der Waals surface area (Å²) >= 11 is 0. The molecular formula is C17H22N4O. The average molecular weight is 298 g/mol. The zero-order valence-corrected chi connectivity index (χ0v) is 12.9. The number of hydrogen-bond acceptors (Lipinski definition) is 4. The van der Waals surface area contributed by atoms with Gasteiger partial charge in [-0.1, -0.05) is 6.07 Å². The second kappa shape index (κ2) is 5.18. The van der Waals surface area contributed by atoms with Crippen LogP contribution in [0.25, 0.3) is 5.65 Å². The SMILES string of the molecule is Cc1ccc2nc(CN3CC4CCC(N)C4C3)cc(=O)n2c1. The molecule has 5 heteroatoms. The molecule has 4 rings (SSSR count). The van der Waals surface area contributed by atoms with Crippen LogP contribution < -0.4 is 11.3 Å². The second-order valence-electron chi connectivity index (χ2n) is 6.88. The van der Waals surface area contributed by atoms with Gasteiger partial charge >= 0.3 is 0 Å². The van der Waals surface area contributed by atoms with Crippen LogP contribution in [0.3, 0.4) is 0 Å². The van der Waals surface area contributed by atoms with Crippen molar-refractivity contribution in [1.82, 2.24) is 14.3 Å². The summed E-state index contributed by atoms with van der Waals surface area (Å²) in [6, 6.07) is 5.92. The molecule has 1 saturated carbocycles. The smallest absolute Gasteiger partial charge is 0.258 e. The van der Waals surface area contributed by atoms with Crippen LogP contribution in [0.1, 0.15) is 24.1 Å². The number of aromatic nitrogens is 2. The molecule has 22 heavy (non-hydrogen) atoms. The molecule has 0 bridgehead atoms. The van der Waals surface area contributed by atoms with Gasteiger partial charge in [-0.3, -0.25) is 14.1 Å². The van der Waals surface area contributed by atoms with Crippen molar-refractivity contribution >= 4 is 5.65 Å². The number of likely N-dealkylation sites (tertiary alicyclic amines) is 1. The summed E-state index contributed by atoms with van der Waals surface area (Å²) in [5.41, 5.74) is 8.84. The van der Waals surface area contributed by atoms with Crippen molar-refractivity contribution in [2.75, 3.05) is 13.1 Å². The molecule has 1 aliphatic heterocycles. The van der Waals surface area contributed by atoms with Gasteiger partial charge in [0.15, 0.2) is 0 Å². The van der Waals surface area contributed by atoms with Gasteiger partial charge in [0.2, 0.25) is 0 Å². The van der Waals surface area contributed by atoms with Crippen LogP contribution in [-0.4, -0.2) is 33.4 Å².